The molecule has 210 valence electrons. The topological polar surface area (TPSA) is 153 Å². The van der Waals surface area contributed by atoms with Gasteiger partial charge in [0.25, 0.3) is 5.91 Å². The van der Waals surface area contributed by atoms with Gasteiger partial charge in [0.15, 0.2) is 0 Å². The number of rotatable bonds is 11. The van der Waals surface area contributed by atoms with E-state index in [9.17, 15) is 32.7 Å². The highest BCUT2D eigenvalue weighted by Gasteiger charge is 2.35. The fourth-order valence-corrected chi connectivity index (χ4v) is 5.60. The Labute approximate surface area is 231 Å². The lowest BCUT2D eigenvalue weighted by Gasteiger charge is -2.30. The minimum atomic E-state index is -3.92. The molecule has 0 spiro atoms. The molecule has 0 aliphatic carbocycles. The predicted molar refractivity (Wildman–Crippen MR) is 147 cm³/mol. The molecule has 1 unspecified atom stereocenters. The number of aliphatic carboxylic acids is 1. The molecular weight excluding hydrogens is 536 g/mol. The third-order valence-electron chi connectivity index (χ3n) is 6.51. The third kappa shape index (κ3) is 6.64. The minimum Gasteiger partial charge on any atom is -0.480 e. The molecule has 0 bridgehead atoms. The van der Waals surface area contributed by atoms with Crippen LogP contribution < -0.4 is 10.0 Å². The number of fused-ring (bicyclic) bond motifs is 1. The van der Waals surface area contributed by atoms with Crippen LogP contribution >= 0.6 is 0 Å². The first-order valence-electron chi connectivity index (χ1n) is 12.8. The van der Waals surface area contributed by atoms with Gasteiger partial charge in [0, 0.05) is 18.7 Å². The zero-order valence-corrected chi connectivity index (χ0v) is 22.7. The standard InChI is InChI=1S/C28H30N4O7S/c1-2-3-14-29-27(36)26(23-13-12-20-6-4-5-7-22(20)15-23)32(18-25(34)35)28(37)21-10-8-19(9-11-21)16-31-17-24(33)30-40(31,38)39/h4-13,15,26H,2-3,14,16-18H2,1H3,(H,29,36)(H,30,33)(H,34,35). The average Bonchev–Trinajstić information content (AvgIpc) is 3.18. The highest BCUT2D eigenvalue weighted by atomic mass is 32.2. The number of carbonyl (C=O) groups is 4. The number of hydrogen-bond donors (Lipinski definition) is 3. The number of nitrogens with zero attached hydrogens (tertiary/aromatic N) is 2. The van der Waals surface area contributed by atoms with Crippen LogP contribution in [0.5, 0.6) is 0 Å². The first kappa shape index (κ1) is 28.7. The predicted octanol–water partition coefficient (Wildman–Crippen LogP) is 2.20. The molecule has 4 rings (SSSR count). The molecule has 0 saturated carbocycles. The Hall–Kier alpha value is -4.29. The second-order valence-electron chi connectivity index (χ2n) is 9.48. The van der Waals surface area contributed by atoms with Gasteiger partial charge in [0.05, 0.1) is 6.54 Å². The van der Waals surface area contributed by atoms with Crippen molar-refractivity contribution in [2.75, 3.05) is 19.6 Å². The smallest absolute Gasteiger partial charge is 0.323 e. The Kier molecular flexibility index (Phi) is 8.80. The molecule has 0 aromatic heterocycles. The van der Waals surface area contributed by atoms with Crippen molar-refractivity contribution in [3.05, 3.63) is 83.4 Å². The number of benzene rings is 3. The van der Waals surface area contributed by atoms with Gasteiger partial charge in [-0.1, -0.05) is 61.9 Å². The molecule has 1 aliphatic heterocycles. The summed E-state index contributed by atoms with van der Waals surface area (Å²) in [6.07, 6.45) is 1.56. The van der Waals surface area contributed by atoms with E-state index in [4.69, 9.17) is 0 Å². The maximum atomic E-state index is 13.7. The van der Waals surface area contributed by atoms with E-state index in [1.807, 2.05) is 42.0 Å². The van der Waals surface area contributed by atoms with E-state index < -0.39 is 46.5 Å². The summed E-state index contributed by atoms with van der Waals surface area (Å²) < 4.78 is 26.9. The van der Waals surface area contributed by atoms with Crippen LogP contribution in [-0.2, 0) is 31.1 Å². The summed E-state index contributed by atoms with van der Waals surface area (Å²) in [6.45, 7) is 1.23. The molecule has 3 aromatic carbocycles. The van der Waals surface area contributed by atoms with Gasteiger partial charge in [-0.3, -0.25) is 19.2 Å². The summed E-state index contributed by atoms with van der Waals surface area (Å²) in [5.41, 5.74) is 1.11. The number of unbranched alkanes of at least 4 members (excludes halogenated alkanes) is 1. The van der Waals surface area contributed by atoms with Crippen molar-refractivity contribution in [1.82, 2.24) is 19.2 Å². The highest BCUT2D eigenvalue weighted by molar-refractivity contribution is 7.88. The number of carboxylic acids is 1. The Morgan fingerprint density at radius 1 is 1.05 bits per heavy atom. The van der Waals surface area contributed by atoms with Crippen molar-refractivity contribution in [2.24, 2.45) is 0 Å². The number of amides is 3. The second-order valence-corrected chi connectivity index (χ2v) is 11.1. The summed E-state index contributed by atoms with van der Waals surface area (Å²) in [4.78, 5) is 51.6. The van der Waals surface area contributed by atoms with Crippen LogP contribution in [0.2, 0.25) is 0 Å². The number of carbonyl (C=O) groups excluding carboxylic acids is 3. The quantitative estimate of drug-likeness (QED) is 0.301. The lowest BCUT2D eigenvalue weighted by Crippen LogP contribution is -2.46. The van der Waals surface area contributed by atoms with Crippen LogP contribution in [0.1, 0.15) is 47.3 Å². The van der Waals surface area contributed by atoms with Gasteiger partial charge in [-0.2, -0.15) is 12.7 Å². The summed E-state index contributed by atoms with van der Waals surface area (Å²) in [7, 11) is -3.92. The molecule has 3 amide bonds. The van der Waals surface area contributed by atoms with E-state index in [0.717, 1.165) is 32.8 Å². The normalized spacial score (nSPS) is 15.4. The first-order valence-corrected chi connectivity index (χ1v) is 14.2. The van der Waals surface area contributed by atoms with Gasteiger partial charge in [0.2, 0.25) is 11.8 Å². The van der Waals surface area contributed by atoms with Crippen molar-refractivity contribution in [3.63, 3.8) is 0 Å². The van der Waals surface area contributed by atoms with Crippen LogP contribution in [0.3, 0.4) is 0 Å². The average molecular weight is 567 g/mol. The minimum absolute atomic E-state index is 0.0894. The van der Waals surface area contributed by atoms with Crippen LogP contribution in [0, 0.1) is 0 Å². The van der Waals surface area contributed by atoms with Crippen molar-refractivity contribution >= 4 is 44.7 Å². The molecular formula is C28H30N4O7S. The molecule has 1 heterocycles. The number of carboxylic acid groups (broad SMARTS) is 1. The molecule has 0 radical (unpaired) electrons. The van der Waals surface area contributed by atoms with E-state index in [2.05, 4.69) is 5.32 Å². The molecule has 40 heavy (non-hydrogen) atoms. The van der Waals surface area contributed by atoms with E-state index in [-0.39, 0.29) is 18.7 Å². The Morgan fingerprint density at radius 3 is 2.38 bits per heavy atom. The maximum Gasteiger partial charge on any atom is 0.323 e. The van der Waals surface area contributed by atoms with E-state index in [0.29, 0.717) is 17.7 Å². The van der Waals surface area contributed by atoms with Crippen molar-refractivity contribution < 1.29 is 32.7 Å². The van der Waals surface area contributed by atoms with Gasteiger partial charge in [-0.05, 0) is 46.5 Å². The Morgan fingerprint density at radius 2 is 1.75 bits per heavy atom. The van der Waals surface area contributed by atoms with Crippen molar-refractivity contribution in [3.8, 4) is 0 Å². The lowest BCUT2D eigenvalue weighted by atomic mass is 9.98. The molecule has 1 fully saturated rings. The lowest BCUT2D eigenvalue weighted by molar-refractivity contribution is -0.139. The van der Waals surface area contributed by atoms with Gasteiger partial charge in [-0.25, -0.2) is 4.72 Å². The maximum absolute atomic E-state index is 13.7. The van der Waals surface area contributed by atoms with E-state index in [1.54, 1.807) is 12.1 Å². The Bertz CT molecular complexity index is 1540. The first-order chi connectivity index (χ1) is 19.1. The van der Waals surface area contributed by atoms with Crippen LogP contribution in [0.4, 0.5) is 0 Å². The molecule has 1 atom stereocenters. The highest BCUT2D eigenvalue weighted by Crippen LogP contribution is 2.27. The molecule has 1 saturated heterocycles. The van der Waals surface area contributed by atoms with Gasteiger partial charge >= 0.3 is 16.2 Å². The largest absolute Gasteiger partial charge is 0.480 e. The van der Waals surface area contributed by atoms with E-state index >= 15 is 0 Å². The van der Waals surface area contributed by atoms with Crippen LogP contribution in [0.15, 0.2) is 66.7 Å². The van der Waals surface area contributed by atoms with Crippen molar-refractivity contribution in [1.29, 1.82) is 0 Å². The number of hydrogen-bond acceptors (Lipinski definition) is 6. The molecule has 1 aliphatic rings. The zero-order chi connectivity index (χ0) is 28.9. The van der Waals surface area contributed by atoms with E-state index in [1.165, 1.54) is 24.3 Å². The van der Waals surface area contributed by atoms with Crippen molar-refractivity contribution in [2.45, 2.75) is 32.4 Å². The van der Waals surface area contributed by atoms with Gasteiger partial charge < -0.3 is 15.3 Å². The third-order valence-corrected chi connectivity index (χ3v) is 7.93. The summed E-state index contributed by atoms with van der Waals surface area (Å²) in [5, 5.41) is 14.3. The van der Waals surface area contributed by atoms with Gasteiger partial charge in [-0.15, -0.1) is 0 Å². The van der Waals surface area contributed by atoms with Gasteiger partial charge in [0.1, 0.15) is 12.6 Å². The Balaban J connectivity index is 1.66. The molecule has 11 nitrogen and oxygen atoms in total. The van der Waals surface area contributed by atoms with Crippen LogP contribution in [0.25, 0.3) is 10.8 Å². The second kappa shape index (κ2) is 12.3. The fourth-order valence-electron chi connectivity index (χ4n) is 4.51. The summed E-state index contributed by atoms with van der Waals surface area (Å²) in [6, 6.07) is 17.5. The van der Waals surface area contributed by atoms with Crippen LogP contribution in [-0.4, -0.2) is 66.1 Å². The zero-order valence-electron chi connectivity index (χ0n) is 21.9. The molecule has 3 N–H and O–H groups in total. The summed E-state index contributed by atoms with van der Waals surface area (Å²) >= 11 is 0. The number of nitrogens with one attached hydrogen (secondary N) is 2. The summed E-state index contributed by atoms with van der Waals surface area (Å²) in [5.74, 6) is -3.09. The fraction of sp³-hybridized carbons (Fsp3) is 0.286. The molecule has 12 heteroatoms. The molecule has 3 aromatic rings. The monoisotopic (exact) mass is 566 g/mol. The SMILES string of the molecule is CCCCNC(=O)C(c1ccc2ccccc2c1)N(CC(=O)O)C(=O)c1ccc(CN2CC(=O)NS2(=O)=O)cc1.